The average Bonchev–Trinajstić information content (AvgIpc) is 3.02. The van der Waals surface area contributed by atoms with Crippen molar-refractivity contribution in [3.05, 3.63) is 82.8 Å². The molecule has 138 valence electrons. The largest absolute Gasteiger partial charge is 0.512 e. The van der Waals surface area contributed by atoms with E-state index in [1.807, 2.05) is 38.2 Å². The normalized spacial score (nSPS) is 18.1. The molecular formula is C24H25NO2. The third kappa shape index (κ3) is 3.18. The number of hydrogen-bond acceptors (Lipinski definition) is 2. The van der Waals surface area contributed by atoms with Gasteiger partial charge in [0.15, 0.2) is 5.78 Å². The molecule has 3 nitrogen and oxygen atoms in total. The summed E-state index contributed by atoms with van der Waals surface area (Å²) in [7, 11) is 0. The lowest BCUT2D eigenvalue weighted by Crippen LogP contribution is -2.28. The van der Waals surface area contributed by atoms with Gasteiger partial charge in [-0.1, -0.05) is 61.9 Å². The average molecular weight is 359 g/mol. The van der Waals surface area contributed by atoms with Crippen LogP contribution in [-0.2, 0) is 4.79 Å². The van der Waals surface area contributed by atoms with Crippen LogP contribution in [0.15, 0.2) is 66.1 Å². The van der Waals surface area contributed by atoms with Crippen LogP contribution in [0.2, 0.25) is 0 Å². The Labute approximate surface area is 159 Å². The molecule has 2 N–H and O–H groups in total. The molecule has 3 aromatic rings. The number of benzene rings is 2. The van der Waals surface area contributed by atoms with E-state index in [9.17, 15) is 9.90 Å². The summed E-state index contributed by atoms with van der Waals surface area (Å²) in [4.78, 5) is 16.4. The van der Waals surface area contributed by atoms with Crippen LogP contribution in [0.1, 0.15) is 49.3 Å². The first kappa shape index (κ1) is 17.6. The quantitative estimate of drug-likeness (QED) is 0.620. The summed E-state index contributed by atoms with van der Waals surface area (Å²) < 4.78 is 0. The number of H-pyrrole nitrogens is 1. The van der Waals surface area contributed by atoms with Gasteiger partial charge in [-0.05, 0) is 29.5 Å². The highest BCUT2D eigenvalue weighted by molar-refractivity contribution is 6.00. The van der Waals surface area contributed by atoms with Gasteiger partial charge in [-0.2, -0.15) is 0 Å². The van der Waals surface area contributed by atoms with E-state index in [4.69, 9.17) is 0 Å². The molecule has 1 aliphatic rings. The van der Waals surface area contributed by atoms with E-state index in [2.05, 4.69) is 42.2 Å². The lowest BCUT2D eigenvalue weighted by atomic mass is 9.71. The molecular weight excluding hydrogens is 334 g/mol. The number of carbonyl (C=O) groups excluding carboxylic acids is 1. The van der Waals surface area contributed by atoms with Crippen molar-refractivity contribution in [3.63, 3.8) is 0 Å². The van der Waals surface area contributed by atoms with Crippen molar-refractivity contribution in [2.45, 2.75) is 39.5 Å². The first-order valence-corrected chi connectivity index (χ1v) is 9.43. The molecule has 2 aromatic carbocycles. The second-order valence-electron chi connectivity index (χ2n) is 8.43. The van der Waals surface area contributed by atoms with Crippen LogP contribution in [0.3, 0.4) is 0 Å². The number of fused-ring (bicyclic) bond motifs is 1. The first-order valence-electron chi connectivity index (χ1n) is 9.43. The number of carbonyl (C=O) groups is 1. The van der Waals surface area contributed by atoms with Crippen molar-refractivity contribution >= 4 is 16.7 Å². The fraction of sp³-hybridized carbons (Fsp3) is 0.292. The van der Waals surface area contributed by atoms with E-state index in [1.54, 1.807) is 0 Å². The first-order chi connectivity index (χ1) is 12.9. The molecule has 0 amide bonds. The molecule has 0 fully saturated rings. The predicted octanol–water partition coefficient (Wildman–Crippen LogP) is 5.81. The minimum absolute atomic E-state index is 0.0413. The smallest absolute Gasteiger partial charge is 0.163 e. The van der Waals surface area contributed by atoms with E-state index in [1.165, 1.54) is 5.56 Å². The van der Waals surface area contributed by atoms with Gasteiger partial charge >= 0.3 is 0 Å². The summed E-state index contributed by atoms with van der Waals surface area (Å²) in [5, 5.41) is 12.0. The molecule has 0 radical (unpaired) electrons. The molecule has 1 atom stereocenters. The molecule has 1 aromatic heterocycles. The standard InChI is InChI=1S/C24H25NO2/c1-15-8-10-16(11-9-15)22(18-14-25-19-7-5-4-6-17(18)19)23-20(26)12-24(2,3)13-21(23)27/h4-11,14,22,25-26H,12-13H2,1-3H3. The second-order valence-corrected chi connectivity index (χ2v) is 8.43. The molecule has 0 saturated carbocycles. The van der Waals surface area contributed by atoms with Gasteiger partial charge in [-0.25, -0.2) is 0 Å². The fourth-order valence-corrected chi connectivity index (χ4v) is 4.22. The van der Waals surface area contributed by atoms with Crippen molar-refractivity contribution in [2.24, 2.45) is 5.41 Å². The Hall–Kier alpha value is -2.81. The zero-order valence-electron chi connectivity index (χ0n) is 16.0. The van der Waals surface area contributed by atoms with Crippen molar-refractivity contribution in [1.82, 2.24) is 4.98 Å². The number of allylic oxidation sites excluding steroid dienone is 2. The van der Waals surface area contributed by atoms with E-state index in [-0.39, 0.29) is 22.9 Å². The third-order valence-electron chi connectivity index (χ3n) is 5.53. The van der Waals surface area contributed by atoms with Gasteiger partial charge < -0.3 is 10.1 Å². The van der Waals surface area contributed by atoms with Crippen molar-refractivity contribution in [1.29, 1.82) is 0 Å². The number of rotatable bonds is 3. The van der Waals surface area contributed by atoms with Crippen LogP contribution in [-0.4, -0.2) is 15.9 Å². The van der Waals surface area contributed by atoms with Gasteiger partial charge in [0.1, 0.15) is 5.76 Å². The Morgan fingerprint density at radius 3 is 2.44 bits per heavy atom. The highest BCUT2D eigenvalue weighted by Gasteiger charge is 2.38. The Morgan fingerprint density at radius 1 is 1.04 bits per heavy atom. The third-order valence-corrected chi connectivity index (χ3v) is 5.53. The number of aliphatic hydroxyl groups excluding tert-OH is 1. The number of aliphatic hydroxyl groups is 1. The molecule has 27 heavy (non-hydrogen) atoms. The van der Waals surface area contributed by atoms with Crippen LogP contribution in [0.4, 0.5) is 0 Å². The van der Waals surface area contributed by atoms with E-state index < -0.39 is 0 Å². The van der Waals surface area contributed by atoms with E-state index >= 15 is 0 Å². The van der Waals surface area contributed by atoms with Crippen molar-refractivity contribution in [2.75, 3.05) is 0 Å². The Bertz CT molecular complexity index is 1040. The SMILES string of the molecule is Cc1ccc(C(C2=C(O)CC(C)(C)CC2=O)c2c[nH]c3ccccc23)cc1. The van der Waals surface area contributed by atoms with Gasteiger partial charge in [0.05, 0.1) is 0 Å². The number of aryl methyl sites for hydroxylation is 1. The summed E-state index contributed by atoms with van der Waals surface area (Å²) in [5.74, 6) is -0.00272. The maximum absolute atomic E-state index is 13.1. The van der Waals surface area contributed by atoms with Gasteiger partial charge in [0.2, 0.25) is 0 Å². The molecule has 1 unspecified atom stereocenters. The van der Waals surface area contributed by atoms with Gasteiger partial charge in [0.25, 0.3) is 0 Å². The summed E-state index contributed by atoms with van der Waals surface area (Å²) >= 11 is 0. The molecule has 1 heterocycles. The predicted molar refractivity (Wildman–Crippen MR) is 109 cm³/mol. The Morgan fingerprint density at radius 2 is 1.74 bits per heavy atom. The molecule has 4 rings (SSSR count). The van der Waals surface area contributed by atoms with Crippen molar-refractivity contribution < 1.29 is 9.90 Å². The lowest BCUT2D eigenvalue weighted by Gasteiger charge is -2.33. The number of aromatic amines is 1. The molecule has 1 aliphatic carbocycles. The van der Waals surface area contributed by atoms with E-state index in [0.29, 0.717) is 18.4 Å². The molecule has 0 saturated heterocycles. The van der Waals surface area contributed by atoms with Crippen LogP contribution in [0, 0.1) is 12.3 Å². The Kier molecular flexibility index (Phi) is 4.18. The van der Waals surface area contributed by atoms with Crippen LogP contribution < -0.4 is 0 Å². The zero-order valence-corrected chi connectivity index (χ0v) is 16.0. The topological polar surface area (TPSA) is 53.1 Å². The minimum Gasteiger partial charge on any atom is -0.512 e. The van der Waals surface area contributed by atoms with Gasteiger partial charge in [-0.15, -0.1) is 0 Å². The Balaban J connectivity index is 1.95. The minimum atomic E-state index is -0.273. The number of hydrogen-bond donors (Lipinski definition) is 2. The number of nitrogens with one attached hydrogen (secondary N) is 1. The molecule has 0 aliphatic heterocycles. The molecule has 0 bridgehead atoms. The summed E-state index contributed by atoms with van der Waals surface area (Å²) in [6.45, 7) is 6.12. The summed E-state index contributed by atoms with van der Waals surface area (Å²) in [6.07, 6.45) is 2.96. The van der Waals surface area contributed by atoms with E-state index in [0.717, 1.165) is 22.0 Å². The highest BCUT2D eigenvalue weighted by atomic mass is 16.3. The van der Waals surface area contributed by atoms with Gasteiger partial charge in [0, 0.05) is 41.4 Å². The van der Waals surface area contributed by atoms with Crippen LogP contribution in [0.5, 0.6) is 0 Å². The lowest BCUT2D eigenvalue weighted by molar-refractivity contribution is -0.118. The maximum atomic E-state index is 13.1. The number of ketones is 1. The number of aromatic nitrogens is 1. The summed E-state index contributed by atoms with van der Waals surface area (Å²) in [5.41, 5.74) is 4.61. The van der Waals surface area contributed by atoms with Crippen molar-refractivity contribution in [3.8, 4) is 0 Å². The zero-order chi connectivity index (χ0) is 19.2. The maximum Gasteiger partial charge on any atom is 0.163 e. The fourth-order valence-electron chi connectivity index (χ4n) is 4.22. The highest BCUT2D eigenvalue weighted by Crippen LogP contribution is 2.44. The number of para-hydroxylation sites is 1. The number of Topliss-reactive ketones (excluding diaryl/α,β-unsaturated/α-hetero) is 1. The van der Waals surface area contributed by atoms with Crippen LogP contribution in [0.25, 0.3) is 10.9 Å². The van der Waals surface area contributed by atoms with Gasteiger partial charge in [-0.3, -0.25) is 4.79 Å². The molecule has 3 heteroatoms. The second kappa shape index (κ2) is 6.41. The van der Waals surface area contributed by atoms with Crippen LogP contribution >= 0.6 is 0 Å². The molecule has 0 spiro atoms. The summed E-state index contributed by atoms with van der Waals surface area (Å²) in [6, 6.07) is 16.4. The monoisotopic (exact) mass is 359 g/mol.